The zero-order valence-electron chi connectivity index (χ0n) is 9.77. The van der Waals surface area contributed by atoms with Gasteiger partial charge in [-0.2, -0.15) is 0 Å². The van der Waals surface area contributed by atoms with Gasteiger partial charge in [-0.15, -0.1) is 0 Å². The van der Waals surface area contributed by atoms with Crippen LogP contribution < -0.4 is 5.73 Å². The van der Waals surface area contributed by atoms with Gasteiger partial charge in [0.15, 0.2) is 0 Å². The molecule has 0 atom stereocenters. The smallest absolute Gasteiger partial charge is 0.00219 e. The Bertz CT molecular complexity index is 121. The minimum atomic E-state index is 0.338. The van der Waals surface area contributed by atoms with Gasteiger partial charge in [0.1, 0.15) is 0 Å². The number of unbranched alkanes of at least 4 members (excludes halogenated alkanes) is 1. The average Bonchev–Trinajstić information content (AvgIpc) is 2.12. The van der Waals surface area contributed by atoms with Gasteiger partial charge in [-0.05, 0) is 44.9 Å². The quantitative estimate of drug-likeness (QED) is 0.617. The topological polar surface area (TPSA) is 29.3 Å². The summed E-state index contributed by atoms with van der Waals surface area (Å²) < 4.78 is 0. The molecule has 2 heteroatoms. The maximum absolute atomic E-state index is 5.66. The second-order valence-electron chi connectivity index (χ2n) is 4.72. The van der Waals surface area contributed by atoms with Crippen molar-refractivity contribution in [1.82, 2.24) is 4.90 Å². The molecular formula is C11H26N2. The van der Waals surface area contributed by atoms with E-state index in [1.54, 1.807) is 0 Å². The monoisotopic (exact) mass is 186 g/mol. The highest BCUT2D eigenvalue weighted by Crippen LogP contribution is 2.21. The van der Waals surface area contributed by atoms with E-state index >= 15 is 0 Å². The molecule has 0 bridgehead atoms. The van der Waals surface area contributed by atoms with Crippen molar-refractivity contribution in [2.24, 2.45) is 11.1 Å². The molecular weight excluding hydrogens is 160 g/mol. The summed E-state index contributed by atoms with van der Waals surface area (Å²) in [6, 6.07) is 0. The molecule has 0 aliphatic carbocycles. The van der Waals surface area contributed by atoms with Crippen LogP contribution in [0.5, 0.6) is 0 Å². The number of nitrogens with two attached hydrogens (primary N) is 1. The first-order valence-corrected chi connectivity index (χ1v) is 5.40. The van der Waals surface area contributed by atoms with Gasteiger partial charge in [-0.3, -0.25) is 0 Å². The summed E-state index contributed by atoms with van der Waals surface area (Å²) in [5.41, 5.74) is 6.00. The number of hydrogen-bond donors (Lipinski definition) is 1. The van der Waals surface area contributed by atoms with Crippen molar-refractivity contribution in [3.8, 4) is 0 Å². The SMILES string of the molecule is CCN(C)CCCCC(C)(C)CN. The lowest BCUT2D eigenvalue weighted by atomic mass is 9.87. The number of hydrogen-bond acceptors (Lipinski definition) is 2. The van der Waals surface area contributed by atoms with Gasteiger partial charge < -0.3 is 10.6 Å². The normalized spacial score (nSPS) is 12.5. The van der Waals surface area contributed by atoms with Crippen LogP contribution in [-0.2, 0) is 0 Å². The molecule has 0 aromatic carbocycles. The molecule has 0 heterocycles. The molecule has 0 radical (unpaired) electrons. The van der Waals surface area contributed by atoms with Crippen LogP contribution >= 0.6 is 0 Å². The van der Waals surface area contributed by atoms with Gasteiger partial charge in [-0.1, -0.05) is 27.2 Å². The Morgan fingerprint density at radius 2 is 1.85 bits per heavy atom. The second-order valence-corrected chi connectivity index (χ2v) is 4.72. The largest absolute Gasteiger partial charge is 0.330 e. The average molecular weight is 186 g/mol. The van der Waals surface area contributed by atoms with E-state index in [9.17, 15) is 0 Å². The first-order chi connectivity index (χ1) is 6.02. The zero-order chi connectivity index (χ0) is 10.3. The van der Waals surface area contributed by atoms with E-state index in [0.717, 1.165) is 13.1 Å². The Balaban J connectivity index is 3.35. The lowest BCUT2D eigenvalue weighted by Crippen LogP contribution is -2.24. The molecule has 0 fully saturated rings. The summed E-state index contributed by atoms with van der Waals surface area (Å²) in [5.74, 6) is 0. The van der Waals surface area contributed by atoms with Crippen LogP contribution in [0, 0.1) is 5.41 Å². The maximum atomic E-state index is 5.66. The van der Waals surface area contributed by atoms with Crippen LogP contribution in [0.15, 0.2) is 0 Å². The lowest BCUT2D eigenvalue weighted by Gasteiger charge is -2.22. The van der Waals surface area contributed by atoms with Crippen molar-refractivity contribution >= 4 is 0 Å². The lowest BCUT2D eigenvalue weighted by molar-refractivity contribution is 0.301. The van der Waals surface area contributed by atoms with Crippen molar-refractivity contribution in [1.29, 1.82) is 0 Å². The van der Waals surface area contributed by atoms with Crippen molar-refractivity contribution in [3.05, 3.63) is 0 Å². The van der Waals surface area contributed by atoms with Gasteiger partial charge in [-0.25, -0.2) is 0 Å². The summed E-state index contributed by atoms with van der Waals surface area (Å²) in [4.78, 5) is 2.36. The molecule has 0 aromatic rings. The predicted octanol–water partition coefficient (Wildman–Crippen LogP) is 2.09. The minimum absolute atomic E-state index is 0.338. The van der Waals surface area contributed by atoms with Crippen molar-refractivity contribution in [3.63, 3.8) is 0 Å². The summed E-state index contributed by atoms with van der Waals surface area (Å²) >= 11 is 0. The van der Waals surface area contributed by atoms with Crippen LogP contribution in [0.3, 0.4) is 0 Å². The zero-order valence-corrected chi connectivity index (χ0v) is 9.77. The molecule has 0 saturated heterocycles. The highest BCUT2D eigenvalue weighted by Gasteiger charge is 2.14. The molecule has 0 aliphatic heterocycles. The van der Waals surface area contributed by atoms with Gasteiger partial charge >= 0.3 is 0 Å². The number of rotatable bonds is 7. The Labute approximate surface area is 83.5 Å². The summed E-state index contributed by atoms with van der Waals surface area (Å²) in [7, 11) is 2.17. The Kier molecular flexibility index (Phi) is 6.35. The number of nitrogens with zero attached hydrogens (tertiary/aromatic N) is 1. The molecule has 0 spiro atoms. The fourth-order valence-electron chi connectivity index (χ4n) is 1.25. The van der Waals surface area contributed by atoms with Crippen molar-refractivity contribution < 1.29 is 0 Å². The summed E-state index contributed by atoms with van der Waals surface area (Å²) in [5, 5.41) is 0. The fraction of sp³-hybridized carbons (Fsp3) is 1.00. The van der Waals surface area contributed by atoms with E-state index in [0.29, 0.717) is 5.41 Å². The van der Waals surface area contributed by atoms with Crippen LogP contribution in [0.25, 0.3) is 0 Å². The molecule has 0 rings (SSSR count). The van der Waals surface area contributed by atoms with Crippen molar-refractivity contribution in [2.45, 2.75) is 40.0 Å². The van der Waals surface area contributed by atoms with Crippen LogP contribution in [-0.4, -0.2) is 31.6 Å². The third-order valence-electron chi connectivity index (χ3n) is 2.74. The molecule has 2 N–H and O–H groups in total. The molecule has 2 nitrogen and oxygen atoms in total. The van der Waals surface area contributed by atoms with Gasteiger partial charge in [0.05, 0.1) is 0 Å². The first kappa shape index (κ1) is 12.9. The van der Waals surface area contributed by atoms with Crippen molar-refractivity contribution in [2.75, 3.05) is 26.7 Å². The molecule has 0 aromatic heterocycles. The Hall–Kier alpha value is -0.0800. The fourth-order valence-corrected chi connectivity index (χ4v) is 1.25. The molecule has 0 aliphatic rings. The van der Waals surface area contributed by atoms with E-state index in [2.05, 4.69) is 32.7 Å². The maximum Gasteiger partial charge on any atom is -0.00219 e. The summed E-state index contributed by atoms with van der Waals surface area (Å²) in [6.07, 6.45) is 3.85. The minimum Gasteiger partial charge on any atom is -0.330 e. The Morgan fingerprint density at radius 3 is 2.31 bits per heavy atom. The third-order valence-corrected chi connectivity index (χ3v) is 2.74. The molecule has 80 valence electrons. The molecule has 0 saturated carbocycles. The molecule has 0 unspecified atom stereocenters. The Morgan fingerprint density at radius 1 is 1.23 bits per heavy atom. The predicted molar refractivity (Wildman–Crippen MR) is 59.9 cm³/mol. The summed E-state index contributed by atoms with van der Waals surface area (Å²) in [6.45, 7) is 9.87. The first-order valence-electron chi connectivity index (χ1n) is 5.40. The third kappa shape index (κ3) is 7.03. The van der Waals surface area contributed by atoms with E-state index in [4.69, 9.17) is 5.73 Å². The molecule has 0 amide bonds. The van der Waals surface area contributed by atoms with E-state index in [-0.39, 0.29) is 0 Å². The highest BCUT2D eigenvalue weighted by atomic mass is 15.1. The van der Waals surface area contributed by atoms with E-state index in [1.165, 1.54) is 25.8 Å². The van der Waals surface area contributed by atoms with Gasteiger partial charge in [0.2, 0.25) is 0 Å². The standard InChI is InChI=1S/C11H26N2/c1-5-13(4)9-7-6-8-11(2,3)10-12/h5-10,12H2,1-4H3. The van der Waals surface area contributed by atoms with E-state index in [1.807, 2.05) is 0 Å². The van der Waals surface area contributed by atoms with Crippen LogP contribution in [0.4, 0.5) is 0 Å². The highest BCUT2D eigenvalue weighted by molar-refractivity contribution is 4.69. The van der Waals surface area contributed by atoms with Gasteiger partial charge in [0.25, 0.3) is 0 Å². The van der Waals surface area contributed by atoms with Gasteiger partial charge in [0, 0.05) is 0 Å². The van der Waals surface area contributed by atoms with Crippen LogP contribution in [0.2, 0.25) is 0 Å². The molecule has 13 heavy (non-hydrogen) atoms. The van der Waals surface area contributed by atoms with E-state index < -0.39 is 0 Å². The second kappa shape index (κ2) is 6.39. The van der Waals surface area contributed by atoms with Crippen LogP contribution in [0.1, 0.15) is 40.0 Å².